The first-order valence-electron chi connectivity index (χ1n) is 12.4. The summed E-state index contributed by atoms with van der Waals surface area (Å²) in [6.45, 7) is 3.23. The number of rotatable bonds is 10. The molecular weight excluding hydrogens is 460 g/mol. The van der Waals surface area contributed by atoms with E-state index < -0.39 is 5.97 Å². The van der Waals surface area contributed by atoms with Gasteiger partial charge in [-0.25, -0.2) is 4.79 Å². The lowest BCUT2D eigenvalue weighted by molar-refractivity contribution is -0.104. The molecule has 0 unspecified atom stereocenters. The van der Waals surface area contributed by atoms with Crippen LogP contribution in [0.5, 0.6) is 11.5 Å². The molecule has 0 aromatic heterocycles. The van der Waals surface area contributed by atoms with Crippen molar-refractivity contribution in [2.75, 3.05) is 34.7 Å². The lowest BCUT2D eigenvalue weighted by atomic mass is 9.93. The van der Waals surface area contributed by atoms with Crippen molar-refractivity contribution < 1.29 is 33.2 Å². The molecule has 0 saturated heterocycles. The Labute approximate surface area is 214 Å². The molecule has 0 saturated carbocycles. The number of allylic oxidation sites excluding steroid dienone is 2. The highest BCUT2D eigenvalue weighted by Crippen LogP contribution is 2.28. The summed E-state index contributed by atoms with van der Waals surface area (Å²) < 4.78 is 33.9. The molecule has 1 aliphatic heterocycles. The van der Waals surface area contributed by atoms with E-state index in [0.717, 1.165) is 23.3 Å². The summed E-state index contributed by atoms with van der Waals surface area (Å²) in [5.41, 5.74) is 2.40. The first-order chi connectivity index (χ1) is 17.5. The van der Waals surface area contributed by atoms with E-state index in [1.54, 1.807) is 27.4 Å². The molecule has 0 radical (unpaired) electrons. The number of cyclic esters (lactones) is 1. The number of esters is 1. The molecule has 2 aromatic carbocycles. The minimum absolute atomic E-state index is 0.134. The van der Waals surface area contributed by atoms with Crippen LogP contribution in [0, 0.1) is 5.92 Å². The third kappa shape index (κ3) is 8.08. The standard InChI is InChI=1S/C29H38O7/c1-21-8-5-6-9-23-10-7-11-26(33-4)28(23)29(30)36-25(18-27(21)35-20-31-2)16-17-34-19-22-12-14-24(32-3)15-13-22/h5-7,10-15,21,25,27H,8-9,16-20H2,1-4H3/b6-5+/t21-,25-,27+/m0/s1. The molecule has 2 aromatic rings. The highest BCUT2D eigenvalue weighted by Gasteiger charge is 2.28. The van der Waals surface area contributed by atoms with Gasteiger partial charge >= 0.3 is 5.97 Å². The lowest BCUT2D eigenvalue weighted by Crippen LogP contribution is -2.32. The van der Waals surface area contributed by atoms with Crippen LogP contribution in [-0.2, 0) is 32.0 Å². The van der Waals surface area contributed by atoms with E-state index in [1.165, 1.54) is 0 Å². The highest BCUT2D eigenvalue weighted by atomic mass is 16.7. The van der Waals surface area contributed by atoms with Crippen LogP contribution >= 0.6 is 0 Å². The topological polar surface area (TPSA) is 72.5 Å². The van der Waals surface area contributed by atoms with Crippen molar-refractivity contribution in [1.82, 2.24) is 0 Å². The summed E-state index contributed by atoms with van der Waals surface area (Å²) >= 11 is 0. The maximum atomic E-state index is 13.4. The van der Waals surface area contributed by atoms with E-state index in [4.69, 9.17) is 28.4 Å². The summed E-state index contributed by atoms with van der Waals surface area (Å²) in [5.74, 6) is 1.15. The molecule has 0 aliphatic carbocycles. The fourth-order valence-electron chi connectivity index (χ4n) is 4.26. The van der Waals surface area contributed by atoms with Crippen LogP contribution in [0.1, 0.15) is 47.7 Å². The Morgan fingerprint density at radius 1 is 1.00 bits per heavy atom. The molecular formula is C29H38O7. The number of fused-ring (bicyclic) bond motifs is 1. The van der Waals surface area contributed by atoms with Gasteiger partial charge in [-0.3, -0.25) is 0 Å². The van der Waals surface area contributed by atoms with Crippen LogP contribution in [0.4, 0.5) is 0 Å². The fourth-order valence-corrected chi connectivity index (χ4v) is 4.26. The first-order valence-corrected chi connectivity index (χ1v) is 12.4. The Morgan fingerprint density at radius 2 is 1.81 bits per heavy atom. The molecule has 3 atom stereocenters. The van der Waals surface area contributed by atoms with Crippen molar-refractivity contribution in [1.29, 1.82) is 0 Å². The number of ether oxygens (including phenoxy) is 6. The number of carbonyl (C=O) groups is 1. The van der Waals surface area contributed by atoms with Crippen LogP contribution in [-0.4, -0.2) is 52.9 Å². The molecule has 0 N–H and O–H groups in total. The molecule has 0 amide bonds. The normalized spacial score (nSPS) is 21.4. The van der Waals surface area contributed by atoms with Crippen LogP contribution < -0.4 is 9.47 Å². The largest absolute Gasteiger partial charge is 0.497 e. The van der Waals surface area contributed by atoms with Crippen molar-refractivity contribution in [3.8, 4) is 11.5 Å². The summed E-state index contributed by atoms with van der Waals surface area (Å²) in [7, 11) is 4.81. The summed E-state index contributed by atoms with van der Waals surface area (Å²) in [5, 5.41) is 0. The maximum Gasteiger partial charge on any atom is 0.342 e. The highest BCUT2D eigenvalue weighted by molar-refractivity contribution is 5.94. The van der Waals surface area contributed by atoms with Gasteiger partial charge in [-0.05, 0) is 48.1 Å². The monoisotopic (exact) mass is 498 g/mol. The summed E-state index contributed by atoms with van der Waals surface area (Å²) in [6.07, 6.45) is 6.26. The van der Waals surface area contributed by atoms with Gasteiger partial charge in [0.2, 0.25) is 0 Å². The SMILES string of the molecule is COCO[C@@H]1C[C@H](CCOCc2ccc(OC)cc2)OC(=O)c2c(cccc2OC)C/C=C/C[C@@H]1C. The van der Waals surface area contributed by atoms with Gasteiger partial charge in [0, 0.05) is 20.0 Å². The van der Waals surface area contributed by atoms with Gasteiger partial charge in [0.15, 0.2) is 0 Å². The van der Waals surface area contributed by atoms with E-state index in [1.807, 2.05) is 36.4 Å². The minimum atomic E-state index is -0.394. The van der Waals surface area contributed by atoms with Crippen molar-refractivity contribution in [2.24, 2.45) is 5.92 Å². The molecule has 7 nitrogen and oxygen atoms in total. The van der Waals surface area contributed by atoms with E-state index in [2.05, 4.69) is 19.1 Å². The lowest BCUT2D eigenvalue weighted by Gasteiger charge is -2.28. The Balaban J connectivity index is 1.75. The van der Waals surface area contributed by atoms with Crippen molar-refractivity contribution in [3.05, 3.63) is 71.3 Å². The Bertz CT molecular complexity index is 970. The second-order valence-corrected chi connectivity index (χ2v) is 8.95. The van der Waals surface area contributed by atoms with Crippen molar-refractivity contribution in [3.63, 3.8) is 0 Å². The number of methoxy groups -OCH3 is 3. The minimum Gasteiger partial charge on any atom is -0.497 e. The Morgan fingerprint density at radius 3 is 2.53 bits per heavy atom. The van der Waals surface area contributed by atoms with Gasteiger partial charge in [0.05, 0.1) is 33.5 Å². The zero-order valence-corrected chi connectivity index (χ0v) is 21.7. The van der Waals surface area contributed by atoms with E-state index in [-0.39, 0.29) is 24.9 Å². The second kappa shape index (κ2) is 14.6. The third-order valence-electron chi connectivity index (χ3n) is 6.36. The van der Waals surface area contributed by atoms with Gasteiger partial charge in [0.1, 0.15) is 30.0 Å². The van der Waals surface area contributed by atoms with E-state index >= 15 is 0 Å². The van der Waals surface area contributed by atoms with Gasteiger partial charge in [-0.15, -0.1) is 0 Å². The van der Waals surface area contributed by atoms with E-state index in [0.29, 0.717) is 43.8 Å². The average Bonchev–Trinajstić information content (AvgIpc) is 2.90. The smallest absolute Gasteiger partial charge is 0.342 e. The van der Waals surface area contributed by atoms with Crippen molar-refractivity contribution >= 4 is 5.97 Å². The van der Waals surface area contributed by atoms with Crippen LogP contribution in [0.3, 0.4) is 0 Å². The Hall–Kier alpha value is -2.87. The molecule has 1 aliphatic rings. The quantitative estimate of drug-likeness (QED) is 0.189. The fraction of sp³-hybridized carbons (Fsp3) is 0.483. The van der Waals surface area contributed by atoms with Crippen LogP contribution in [0.15, 0.2) is 54.6 Å². The average molecular weight is 499 g/mol. The molecule has 7 heteroatoms. The molecule has 0 bridgehead atoms. The number of hydrogen-bond acceptors (Lipinski definition) is 7. The second-order valence-electron chi connectivity index (χ2n) is 8.95. The zero-order chi connectivity index (χ0) is 25.8. The van der Waals surface area contributed by atoms with Gasteiger partial charge in [-0.1, -0.05) is 43.3 Å². The van der Waals surface area contributed by atoms with Gasteiger partial charge in [-0.2, -0.15) is 0 Å². The molecule has 0 spiro atoms. The number of hydrogen-bond donors (Lipinski definition) is 0. The van der Waals surface area contributed by atoms with Gasteiger partial charge < -0.3 is 28.4 Å². The molecule has 196 valence electrons. The number of benzene rings is 2. The first kappa shape index (κ1) is 27.7. The zero-order valence-electron chi connectivity index (χ0n) is 21.7. The summed E-state index contributed by atoms with van der Waals surface area (Å²) in [6, 6.07) is 13.4. The van der Waals surface area contributed by atoms with E-state index in [9.17, 15) is 4.79 Å². The predicted molar refractivity (Wildman–Crippen MR) is 137 cm³/mol. The van der Waals surface area contributed by atoms with Crippen LogP contribution in [0.25, 0.3) is 0 Å². The third-order valence-corrected chi connectivity index (χ3v) is 6.36. The van der Waals surface area contributed by atoms with Gasteiger partial charge in [0.25, 0.3) is 0 Å². The predicted octanol–water partition coefficient (Wildman–Crippen LogP) is 5.35. The maximum absolute atomic E-state index is 13.4. The molecule has 0 fully saturated rings. The summed E-state index contributed by atoms with van der Waals surface area (Å²) in [4.78, 5) is 13.4. The number of carbonyl (C=O) groups excluding carboxylic acids is 1. The molecule has 36 heavy (non-hydrogen) atoms. The van der Waals surface area contributed by atoms with Crippen LogP contribution in [0.2, 0.25) is 0 Å². The van der Waals surface area contributed by atoms with Crippen molar-refractivity contribution in [2.45, 2.75) is 51.4 Å². The Kier molecular flexibility index (Phi) is 11.3. The molecule has 1 heterocycles. The molecule has 3 rings (SSSR count).